The van der Waals surface area contributed by atoms with Crippen molar-refractivity contribution in [3.63, 3.8) is 0 Å². The molecule has 1 fully saturated rings. The van der Waals surface area contributed by atoms with E-state index >= 15 is 0 Å². The zero-order valence-electron chi connectivity index (χ0n) is 17.2. The predicted octanol–water partition coefficient (Wildman–Crippen LogP) is 3.29. The Morgan fingerprint density at radius 1 is 1.03 bits per heavy atom. The molecule has 1 aromatic carbocycles. The van der Waals surface area contributed by atoms with Gasteiger partial charge in [0.25, 0.3) is 5.91 Å². The number of hydrogen-bond acceptors (Lipinski definition) is 7. The molecule has 1 saturated heterocycles. The molecule has 5 rings (SSSR count). The van der Waals surface area contributed by atoms with Crippen molar-refractivity contribution < 1.29 is 9.21 Å². The van der Waals surface area contributed by atoms with Crippen LogP contribution in [0.25, 0.3) is 22.3 Å². The Kier molecular flexibility index (Phi) is 4.95. The van der Waals surface area contributed by atoms with E-state index in [9.17, 15) is 4.79 Å². The highest BCUT2D eigenvalue weighted by atomic mass is 16.3. The Balaban J connectivity index is 1.31. The van der Waals surface area contributed by atoms with Gasteiger partial charge in [-0.1, -0.05) is 12.1 Å². The first-order valence-electron chi connectivity index (χ1n) is 10.2. The van der Waals surface area contributed by atoms with Crippen LogP contribution in [0.2, 0.25) is 0 Å². The van der Waals surface area contributed by atoms with Crippen LogP contribution in [0, 0.1) is 0 Å². The maximum atomic E-state index is 12.4. The van der Waals surface area contributed by atoms with Crippen LogP contribution in [0.15, 0.2) is 65.5 Å². The maximum absolute atomic E-state index is 12.4. The number of piperazine rings is 1. The van der Waals surface area contributed by atoms with E-state index in [1.165, 1.54) is 6.26 Å². The summed E-state index contributed by atoms with van der Waals surface area (Å²) in [5.41, 5.74) is 4.55. The fourth-order valence-corrected chi connectivity index (χ4v) is 3.86. The van der Waals surface area contributed by atoms with Gasteiger partial charge < -0.3 is 19.5 Å². The van der Waals surface area contributed by atoms with Gasteiger partial charge in [0.1, 0.15) is 5.52 Å². The van der Waals surface area contributed by atoms with E-state index in [-0.39, 0.29) is 5.91 Å². The second-order valence-corrected chi connectivity index (χ2v) is 7.33. The highest BCUT2D eigenvalue weighted by Crippen LogP contribution is 2.27. The second-order valence-electron chi connectivity index (χ2n) is 7.33. The van der Waals surface area contributed by atoms with Crippen LogP contribution in [0.3, 0.4) is 0 Å². The number of nitrogens with zero attached hydrogens (tertiary/aromatic N) is 5. The first-order valence-corrected chi connectivity index (χ1v) is 10.2. The fourth-order valence-electron chi connectivity index (χ4n) is 3.86. The molecule has 0 unspecified atom stereocenters. The van der Waals surface area contributed by atoms with Crippen LogP contribution >= 0.6 is 0 Å². The molecular weight excluding hydrogens is 392 g/mol. The zero-order chi connectivity index (χ0) is 21.2. The van der Waals surface area contributed by atoms with Crippen molar-refractivity contribution in [1.29, 1.82) is 0 Å². The summed E-state index contributed by atoms with van der Waals surface area (Å²) < 4.78 is 5.23. The Morgan fingerprint density at radius 2 is 1.81 bits per heavy atom. The largest absolute Gasteiger partial charge is 0.459 e. The molecule has 0 aliphatic carbocycles. The van der Waals surface area contributed by atoms with E-state index in [0.717, 1.165) is 41.1 Å². The Morgan fingerprint density at radius 3 is 2.52 bits per heavy atom. The van der Waals surface area contributed by atoms with Gasteiger partial charge in [0.15, 0.2) is 11.6 Å². The average Bonchev–Trinajstić information content (AvgIpc) is 3.38. The van der Waals surface area contributed by atoms with E-state index in [4.69, 9.17) is 9.40 Å². The third kappa shape index (κ3) is 3.68. The van der Waals surface area contributed by atoms with Crippen LogP contribution in [-0.2, 0) is 0 Å². The molecule has 8 heteroatoms. The molecule has 156 valence electrons. The Hall–Kier alpha value is -3.94. The van der Waals surface area contributed by atoms with Crippen molar-refractivity contribution >= 4 is 28.4 Å². The molecule has 1 amide bonds. The van der Waals surface area contributed by atoms with Crippen LogP contribution in [0.1, 0.15) is 10.6 Å². The lowest BCUT2D eigenvalue weighted by molar-refractivity contribution is 0.0714. The van der Waals surface area contributed by atoms with Gasteiger partial charge in [0, 0.05) is 56.9 Å². The highest BCUT2D eigenvalue weighted by molar-refractivity contribution is 5.91. The van der Waals surface area contributed by atoms with Gasteiger partial charge in [0.05, 0.1) is 17.5 Å². The number of aromatic nitrogens is 3. The number of carbonyl (C=O) groups excluding carboxylic acids is 1. The summed E-state index contributed by atoms with van der Waals surface area (Å²) in [5.74, 6) is 1.05. The molecule has 1 aliphatic heterocycles. The molecule has 31 heavy (non-hydrogen) atoms. The summed E-state index contributed by atoms with van der Waals surface area (Å²) in [6.45, 7) is 2.88. The molecule has 1 N–H and O–H groups in total. The quantitative estimate of drug-likeness (QED) is 0.548. The van der Waals surface area contributed by atoms with Gasteiger partial charge in [-0.05, 0) is 30.3 Å². The van der Waals surface area contributed by atoms with E-state index in [1.54, 1.807) is 24.5 Å². The summed E-state index contributed by atoms with van der Waals surface area (Å²) in [6, 6.07) is 13.7. The molecule has 4 aromatic rings. The number of fused-ring (bicyclic) bond motifs is 1. The van der Waals surface area contributed by atoms with E-state index in [1.807, 2.05) is 18.0 Å². The number of hydrogen-bond donors (Lipinski definition) is 1. The van der Waals surface area contributed by atoms with Crippen molar-refractivity contribution in [1.82, 2.24) is 19.9 Å². The zero-order valence-corrected chi connectivity index (χ0v) is 17.2. The molecule has 1 aliphatic rings. The summed E-state index contributed by atoms with van der Waals surface area (Å²) in [5, 5.41) is 3.11. The Labute approximate surface area is 179 Å². The average molecular weight is 414 g/mol. The number of nitrogens with one attached hydrogen (secondary N) is 1. The topological polar surface area (TPSA) is 87.4 Å². The van der Waals surface area contributed by atoms with Crippen molar-refractivity contribution in [3.05, 3.63) is 66.9 Å². The molecule has 0 saturated carbocycles. The van der Waals surface area contributed by atoms with Gasteiger partial charge >= 0.3 is 0 Å². The maximum Gasteiger partial charge on any atom is 0.289 e. The highest BCUT2D eigenvalue weighted by Gasteiger charge is 2.23. The number of pyridine rings is 1. The summed E-state index contributed by atoms with van der Waals surface area (Å²) in [6.07, 6.45) is 4.88. The first-order chi connectivity index (χ1) is 15.2. The van der Waals surface area contributed by atoms with Crippen molar-refractivity contribution in [3.8, 4) is 11.3 Å². The van der Waals surface area contributed by atoms with E-state index in [2.05, 4.69) is 44.5 Å². The molecule has 8 nitrogen and oxygen atoms in total. The van der Waals surface area contributed by atoms with Gasteiger partial charge in [0.2, 0.25) is 0 Å². The standard InChI is InChI=1S/C23H22N6O2/c1-24-22-21-19(25-8-9-26-21)15-18(27-22)16-4-6-17(7-5-16)28-10-12-29(13-11-28)23(30)20-3-2-14-31-20/h2-9,14-15H,10-13H2,1H3,(H,24,27). The molecule has 3 aromatic heterocycles. The SMILES string of the molecule is CNc1nc(-c2ccc(N3CCN(C(=O)c4ccco4)CC3)cc2)cc2nccnc12. The normalized spacial score (nSPS) is 14.1. The van der Waals surface area contributed by atoms with Crippen molar-refractivity contribution in [2.24, 2.45) is 0 Å². The van der Waals surface area contributed by atoms with Crippen LogP contribution < -0.4 is 10.2 Å². The Bertz CT molecular complexity index is 1200. The van der Waals surface area contributed by atoms with E-state index < -0.39 is 0 Å². The minimum Gasteiger partial charge on any atom is -0.459 e. The molecule has 0 bridgehead atoms. The third-order valence-corrected chi connectivity index (χ3v) is 5.52. The van der Waals surface area contributed by atoms with Gasteiger partial charge in [-0.15, -0.1) is 0 Å². The monoisotopic (exact) mass is 414 g/mol. The smallest absolute Gasteiger partial charge is 0.289 e. The van der Waals surface area contributed by atoms with Gasteiger partial charge in [-0.2, -0.15) is 0 Å². The molecular formula is C23H22N6O2. The lowest BCUT2D eigenvalue weighted by Crippen LogP contribution is -2.48. The summed E-state index contributed by atoms with van der Waals surface area (Å²) >= 11 is 0. The number of carbonyl (C=O) groups is 1. The van der Waals surface area contributed by atoms with Crippen molar-refractivity contribution in [2.75, 3.05) is 43.4 Å². The third-order valence-electron chi connectivity index (χ3n) is 5.52. The predicted molar refractivity (Wildman–Crippen MR) is 119 cm³/mol. The number of anilines is 2. The lowest BCUT2D eigenvalue weighted by Gasteiger charge is -2.35. The van der Waals surface area contributed by atoms with Crippen LogP contribution in [0.4, 0.5) is 11.5 Å². The number of amides is 1. The molecule has 0 radical (unpaired) electrons. The first kappa shape index (κ1) is 19.0. The number of rotatable bonds is 4. The minimum atomic E-state index is -0.0502. The van der Waals surface area contributed by atoms with Gasteiger partial charge in [-0.25, -0.2) is 9.97 Å². The summed E-state index contributed by atoms with van der Waals surface area (Å²) in [7, 11) is 1.83. The molecule has 4 heterocycles. The molecule has 0 atom stereocenters. The second kappa shape index (κ2) is 8.06. The summed E-state index contributed by atoms with van der Waals surface area (Å²) in [4.78, 5) is 30.1. The van der Waals surface area contributed by atoms with Gasteiger partial charge in [-0.3, -0.25) is 9.78 Å². The minimum absolute atomic E-state index is 0.0502. The van der Waals surface area contributed by atoms with E-state index in [0.29, 0.717) is 24.7 Å². The van der Waals surface area contributed by atoms with Crippen LogP contribution in [-0.4, -0.2) is 59.0 Å². The number of furan rings is 1. The van der Waals surface area contributed by atoms with Crippen molar-refractivity contribution in [2.45, 2.75) is 0 Å². The van der Waals surface area contributed by atoms with Crippen LogP contribution in [0.5, 0.6) is 0 Å². The lowest BCUT2D eigenvalue weighted by atomic mass is 10.1. The fraction of sp³-hybridized carbons (Fsp3) is 0.217. The number of benzene rings is 1. The molecule has 0 spiro atoms.